The van der Waals surface area contributed by atoms with Gasteiger partial charge in [-0.2, -0.15) is 13.2 Å². The zero-order chi connectivity index (χ0) is 40.3. The van der Waals surface area contributed by atoms with Crippen molar-refractivity contribution in [2.24, 2.45) is 0 Å². The average molecular weight is 806 g/mol. The van der Waals surface area contributed by atoms with Gasteiger partial charge in [-0.15, -0.1) is 0 Å². The van der Waals surface area contributed by atoms with Gasteiger partial charge in [-0.05, 0) is 81.7 Å². The highest BCUT2D eigenvalue weighted by molar-refractivity contribution is 6.33. The number of carboxylic acids is 1. The van der Waals surface area contributed by atoms with Gasteiger partial charge in [0.15, 0.2) is 6.10 Å². The van der Waals surface area contributed by atoms with Gasteiger partial charge >= 0.3 is 24.3 Å². The van der Waals surface area contributed by atoms with Gasteiger partial charge in [-0.1, -0.05) is 29.8 Å². The van der Waals surface area contributed by atoms with Crippen molar-refractivity contribution in [1.82, 2.24) is 24.5 Å². The molecule has 56 heavy (non-hydrogen) atoms. The third-order valence-electron chi connectivity index (χ3n) is 11.9. The van der Waals surface area contributed by atoms with E-state index in [2.05, 4.69) is 17.1 Å². The maximum atomic E-state index is 14.1. The van der Waals surface area contributed by atoms with E-state index in [-0.39, 0.29) is 66.8 Å². The Morgan fingerprint density at radius 2 is 1.70 bits per heavy atom. The molecule has 3 saturated heterocycles. The monoisotopic (exact) mass is 805 g/mol. The Morgan fingerprint density at radius 1 is 1.00 bits per heavy atom. The van der Waals surface area contributed by atoms with Gasteiger partial charge in [0.25, 0.3) is 5.91 Å². The summed E-state index contributed by atoms with van der Waals surface area (Å²) in [6.07, 6.45) is -3.10. The summed E-state index contributed by atoms with van der Waals surface area (Å²) in [6.45, 7) is 6.81. The van der Waals surface area contributed by atoms with E-state index in [9.17, 15) is 37.5 Å². The number of fused-ring (bicyclic) bond motifs is 1. The van der Waals surface area contributed by atoms with Crippen LogP contribution in [-0.4, -0.2) is 136 Å². The number of nitrogens with two attached hydrogens (primary N) is 1. The number of carboxylic acid groups (broad SMARTS) is 1. The number of hydrogen-bond donors (Lipinski definition) is 3. The van der Waals surface area contributed by atoms with E-state index in [4.69, 9.17) is 22.1 Å². The Hall–Kier alpha value is -4.28. The molecular weight excluding hydrogens is 755 g/mol. The maximum absolute atomic E-state index is 14.1. The predicted octanol–water partition coefficient (Wildman–Crippen LogP) is 5.40. The topological polar surface area (TPSA) is 152 Å². The molecule has 3 fully saturated rings. The molecule has 4 amide bonds. The van der Waals surface area contributed by atoms with Crippen LogP contribution in [0.3, 0.4) is 0 Å². The first-order chi connectivity index (χ1) is 26.6. The number of piperazine rings is 1. The first kappa shape index (κ1) is 41.4. The Labute approximate surface area is 329 Å². The fourth-order valence-corrected chi connectivity index (χ4v) is 8.91. The molecule has 2 unspecified atom stereocenters. The van der Waals surface area contributed by atoms with E-state index >= 15 is 0 Å². The number of rotatable bonds is 10. The zero-order valence-corrected chi connectivity index (χ0v) is 32.5. The number of halogens is 4. The summed E-state index contributed by atoms with van der Waals surface area (Å²) in [7, 11) is 0. The van der Waals surface area contributed by atoms with E-state index in [1.54, 1.807) is 9.80 Å². The molecule has 17 heteroatoms. The number of nitrogen functional groups attached to an aromatic ring is 1. The lowest BCUT2D eigenvalue weighted by Gasteiger charge is -2.41. The molecule has 13 nitrogen and oxygen atoms in total. The third kappa shape index (κ3) is 9.63. The molecule has 6 rings (SSSR count). The first-order valence-electron chi connectivity index (χ1n) is 19.4. The van der Waals surface area contributed by atoms with E-state index < -0.39 is 41.5 Å². The molecule has 0 radical (unpaired) electrons. The lowest BCUT2D eigenvalue weighted by molar-refractivity contribution is -0.143. The summed E-state index contributed by atoms with van der Waals surface area (Å²) in [5.74, 6) is -1.38. The molecular formula is C39H51ClF3N7O6. The number of urea groups is 1. The molecule has 0 spiro atoms. The highest BCUT2D eigenvalue weighted by Gasteiger charge is 2.39. The number of carbonyl (C=O) groups excluding carboxylic acids is 3. The van der Waals surface area contributed by atoms with E-state index in [0.717, 1.165) is 36.6 Å². The largest absolute Gasteiger partial charge is 0.480 e. The van der Waals surface area contributed by atoms with Crippen molar-refractivity contribution in [2.75, 3.05) is 63.4 Å². The van der Waals surface area contributed by atoms with Crippen molar-refractivity contribution < 1.29 is 42.2 Å². The van der Waals surface area contributed by atoms with E-state index in [1.807, 2.05) is 36.1 Å². The van der Waals surface area contributed by atoms with Crippen LogP contribution in [0.1, 0.15) is 62.6 Å². The van der Waals surface area contributed by atoms with Crippen LogP contribution in [0.25, 0.3) is 0 Å². The van der Waals surface area contributed by atoms with Gasteiger partial charge in [-0.25, -0.2) is 9.59 Å². The zero-order valence-electron chi connectivity index (χ0n) is 31.8. The van der Waals surface area contributed by atoms with Crippen LogP contribution in [-0.2, 0) is 33.3 Å². The second kappa shape index (κ2) is 17.5. The van der Waals surface area contributed by atoms with Crippen LogP contribution in [0, 0.1) is 0 Å². The summed E-state index contributed by atoms with van der Waals surface area (Å²) in [4.78, 5) is 61.5. The quantitative estimate of drug-likeness (QED) is 0.268. The lowest BCUT2D eigenvalue weighted by atomic mass is 10.0. The summed E-state index contributed by atoms with van der Waals surface area (Å²) in [5, 5.41) is 12.1. The second-order valence-electron chi connectivity index (χ2n) is 15.5. The van der Waals surface area contributed by atoms with E-state index in [1.165, 1.54) is 11.0 Å². The highest BCUT2D eigenvalue weighted by atomic mass is 35.5. The van der Waals surface area contributed by atoms with Gasteiger partial charge < -0.3 is 35.6 Å². The number of piperidine rings is 1. The van der Waals surface area contributed by atoms with Gasteiger partial charge in [0.1, 0.15) is 0 Å². The van der Waals surface area contributed by atoms with Crippen molar-refractivity contribution >= 4 is 47.0 Å². The fourth-order valence-electron chi connectivity index (χ4n) is 8.66. The van der Waals surface area contributed by atoms with Crippen molar-refractivity contribution in [3.63, 3.8) is 0 Å². The summed E-state index contributed by atoms with van der Waals surface area (Å²) in [5.41, 5.74) is 5.77. The molecule has 4 aliphatic rings. The predicted molar refractivity (Wildman–Crippen MR) is 204 cm³/mol. The summed E-state index contributed by atoms with van der Waals surface area (Å²) < 4.78 is 47.5. The minimum Gasteiger partial charge on any atom is -0.480 e. The Kier molecular flexibility index (Phi) is 12.9. The Morgan fingerprint density at radius 3 is 2.38 bits per heavy atom. The number of aliphatic carboxylic acids is 1. The highest BCUT2D eigenvalue weighted by Crippen LogP contribution is 2.38. The van der Waals surface area contributed by atoms with E-state index in [0.29, 0.717) is 52.0 Å². The normalized spacial score (nSPS) is 22.6. The molecule has 2 aromatic rings. The van der Waals surface area contributed by atoms with Crippen molar-refractivity contribution in [3.05, 3.63) is 58.1 Å². The number of ether oxygens (including phenoxy) is 1. The second-order valence-corrected chi connectivity index (χ2v) is 15.9. The molecule has 2 aromatic carbocycles. The molecule has 0 bridgehead atoms. The van der Waals surface area contributed by atoms with Gasteiger partial charge in [0.05, 0.1) is 22.8 Å². The Balaban J connectivity index is 1.10. The number of amides is 4. The van der Waals surface area contributed by atoms with Gasteiger partial charge in [-0.3, -0.25) is 19.4 Å². The molecule has 4 heterocycles. The SMILES string of the molecule is CC1CCC(C[C@H](C)N2CCN(C(=O)[C@@H](Cc3cc(Cl)c(N)c(C(F)(F)F)c3)OC(=O)N3CCC(N4CCc5ccccc5NC4=O)CC3)CC2)N1CC(=O)O. The van der Waals surface area contributed by atoms with Crippen molar-refractivity contribution in [3.8, 4) is 0 Å². The summed E-state index contributed by atoms with van der Waals surface area (Å²) in [6, 6.07) is 9.84. The standard InChI is InChI=1S/C39H51ClF3N7O6/c1-24-7-8-29(50(24)23-34(51)52)19-25(2)46-15-17-47(18-16-46)36(53)33(22-26-20-30(39(41,42)43)35(44)31(40)21-26)56-38(55)48-12-10-28(11-13-48)49-14-9-27-5-3-4-6-32(27)45-37(49)54/h3-6,20-21,24-25,28-29,33H,7-19,22-23,44H2,1-2H3,(H,45,54)(H,51,52)/t24?,25-,29?,33+/m0/s1. The number of benzene rings is 2. The number of likely N-dealkylation sites (tertiary alicyclic amines) is 2. The number of para-hydroxylation sites is 1. The molecule has 4 N–H and O–H groups in total. The maximum Gasteiger partial charge on any atom is 0.418 e. The first-order valence-corrected chi connectivity index (χ1v) is 19.7. The number of hydrogen-bond acceptors (Lipinski definition) is 8. The summed E-state index contributed by atoms with van der Waals surface area (Å²) >= 11 is 6.13. The third-order valence-corrected chi connectivity index (χ3v) is 12.2. The minimum absolute atomic E-state index is 0.00646. The number of nitrogens with zero attached hydrogens (tertiary/aromatic N) is 5. The molecule has 4 aliphatic heterocycles. The van der Waals surface area contributed by atoms with Crippen LogP contribution >= 0.6 is 11.6 Å². The molecule has 0 aliphatic carbocycles. The average Bonchev–Trinajstić information content (AvgIpc) is 3.39. The van der Waals surface area contributed by atoms with Crippen LogP contribution in [0.5, 0.6) is 0 Å². The number of anilines is 2. The van der Waals surface area contributed by atoms with Crippen molar-refractivity contribution in [1.29, 1.82) is 0 Å². The lowest BCUT2D eigenvalue weighted by Crippen LogP contribution is -2.55. The van der Waals surface area contributed by atoms with Crippen LogP contribution in [0.4, 0.5) is 34.1 Å². The number of carbonyl (C=O) groups is 4. The Bertz CT molecular complexity index is 1770. The van der Waals surface area contributed by atoms with Crippen molar-refractivity contribution in [2.45, 2.75) is 95.2 Å². The molecule has 0 saturated carbocycles. The number of alkyl halides is 3. The van der Waals surface area contributed by atoms with Gasteiger partial charge in [0, 0.05) is 82.1 Å². The fraction of sp³-hybridized carbons (Fsp3) is 0.590. The molecule has 4 atom stereocenters. The van der Waals surface area contributed by atoms with Crippen LogP contribution in [0.15, 0.2) is 36.4 Å². The van der Waals surface area contributed by atoms with Gasteiger partial charge in [0.2, 0.25) is 0 Å². The smallest absolute Gasteiger partial charge is 0.418 e. The molecule has 0 aromatic heterocycles. The minimum atomic E-state index is -4.80. The molecule has 306 valence electrons. The van der Waals surface area contributed by atoms with Crippen LogP contribution in [0.2, 0.25) is 5.02 Å². The van der Waals surface area contributed by atoms with Crippen LogP contribution < -0.4 is 11.1 Å². The number of nitrogens with one attached hydrogen (secondary N) is 1.